The second kappa shape index (κ2) is 7.31. The quantitative estimate of drug-likeness (QED) is 0.806. The van der Waals surface area contributed by atoms with Crippen LogP contribution in [0.1, 0.15) is 17.8 Å². The number of amides is 1. The molecule has 0 fully saturated rings. The molecular formula is C14H15Cl2N3O. The van der Waals surface area contributed by atoms with Gasteiger partial charge in [-0.25, -0.2) is 4.98 Å². The third-order valence-electron chi connectivity index (χ3n) is 2.82. The minimum atomic E-state index is -0.0252. The molecule has 20 heavy (non-hydrogen) atoms. The van der Waals surface area contributed by atoms with Crippen LogP contribution in [-0.2, 0) is 17.6 Å². The number of nitrogens with one attached hydrogen (secondary N) is 2. The van der Waals surface area contributed by atoms with E-state index in [0.29, 0.717) is 23.0 Å². The fraction of sp³-hybridized carbons (Fsp3) is 0.286. The zero-order chi connectivity index (χ0) is 14.4. The topological polar surface area (TPSA) is 57.8 Å². The van der Waals surface area contributed by atoms with Crippen LogP contribution in [0.15, 0.2) is 30.6 Å². The van der Waals surface area contributed by atoms with Crippen LogP contribution < -0.4 is 5.32 Å². The highest BCUT2D eigenvalue weighted by Gasteiger charge is 2.05. The van der Waals surface area contributed by atoms with Gasteiger partial charge in [0.2, 0.25) is 5.91 Å². The molecular weight excluding hydrogens is 297 g/mol. The summed E-state index contributed by atoms with van der Waals surface area (Å²) in [5, 5.41) is 3.83. The summed E-state index contributed by atoms with van der Waals surface area (Å²) in [4.78, 5) is 18.9. The number of H-pyrrole nitrogens is 1. The van der Waals surface area contributed by atoms with Crippen LogP contribution >= 0.6 is 23.2 Å². The van der Waals surface area contributed by atoms with Gasteiger partial charge in [0.25, 0.3) is 0 Å². The summed E-state index contributed by atoms with van der Waals surface area (Å²) in [6.45, 7) is 0.626. The third kappa shape index (κ3) is 4.54. The monoisotopic (exact) mass is 311 g/mol. The van der Waals surface area contributed by atoms with E-state index in [1.807, 2.05) is 0 Å². The first-order valence-electron chi connectivity index (χ1n) is 6.34. The summed E-state index contributed by atoms with van der Waals surface area (Å²) in [6, 6.07) is 5.21. The molecule has 0 saturated carbocycles. The fourth-order valence-corrected chi connectivity index (χ4v) is 2.14. The molecule has 0 aliphatic carbocycles. The Kier molecular flexibility index (Phi) is 5.44. The van der Waals surface area contributed by atoms with Crippen molar-refractivity contribution in [2.24, 2.45) is 0 Å². The normalized spacial score (nSPS) is 10.5. The van der Waals surface area contributed by atoms with E-state index < -0.39 is 0 Å². The molecule has 1 heterocycles. The Morgan fingerprint density at radius 3 is 2.85 bits per heavy atom. The van der Waals surface area contributed by atoms with Crippen molar-refractivity contribution in [2.45, 2.75) is 19.3 Å². The number of nitrogens with zero attached hydrogens (tertiary/aromatic N) is 1. The Bertz CT molecular complexity index is 570. The number of benzene rings is 1. The maximum absolute atomic E-state index is 11.8. The molecule has 1 aromatic carbocycles. The zero-order valence-electron chi connectivity index (χ0n) is 10.8. The number of aromatic nitrogens is 2. The first-order valence-corrected chi connectivity index (χ1v) is 7.09. The third-order valence-corrected chi connectivity index (χ3v) is 3.56. The van der Waals surface area contributed by atoms with E-state index >= 15 is 0 Å². The van der Waals surface area contributed by atoms with Crippen molar-refractivity contribution in [1.82, 2.24) is 15.3 Å². The van der Waals surface area contributed by atoms with Gasteiger partial charge in [-0.3, -0.25) is 4.79 Å². The van der Waals surface area contributed by atoms with Gasteiger partial charge < -0.3 is 10.3 Å². The number of imidazole rings is 1. The van der Waals surface area contributed by atoms with Crippen molar-refractivity contribution >= 4 is 29.1 Å². The summed E-state index contributed by atoms with van der Waals surface area (Å²) in [7, 11) is 0. The summed E-state index contributed by atoms with van der Waals surface area (Å²) in [6.07, 6.45) is 5.48. The van der Waals surface area contributed by atoms with Crippen molar-refractivity contribution in [2.75, 3.05) is 6.54 Å². The van der Waals surface area contributed by atoms with Crippen molar-refractivity contribution in [3.8, 4) is 0 Å². The number of rotatable bonds is 6. The van der Waals surface area contributed by atoms with Gasteiger partial charge in [0.15, 0.2) is 0 Å². The Hall–Kier alpha value is -1.52. The fourth-order valence-electron chi connectivity index (χ4n) is 1.82. The number of hydrogen-bond donors (Lipinski definition) is 2. The van der Waals surface area contributed by atoms with Crippen molar-refractivity contribution in [1.29, 1.82) is 0 Å². The summed E-state index contributed by atoms with van der Waals surface area (Å²) in [5.74, 6) is 0.909. The molecule has 0 aliphatic heterocycles. The molecule has 6 heteroatoms. The van der Waals surface area contributed by atoms with Gasteiger partial charge in [0, 0.05) is 25.4 Å². The molecule has 0 atom stereocenters. The molecule has 0 bridgehead atoms. The van der Waals surface area contributed by atoms with Crippen LogP contribution in [0.3, 0.4) is 0 Å². The lowest BCUT2D eigenvalue weighted by Gasteiger charge is -2.05. The molecule has 0 aliphatic rings. The van der Waals surface area contributed by atoms with Crippen LogP contribution in [0.2, 0.25) is 10.0 Å². The molecule has 2 N–H and O–H groups in total. The van der Waals surface area contributed by atoms with Crippen LogP contribution in [0.25, 0.3) is 0 Å². The molecule has 0 spiro atoms. The van der Waals surface area contributed by atoms with Gasteiger partial charge in [0.1, 0.15) is 5.82 Å². The SMILES string of the molecule is O=C(Cc1ccc(Cl)c(Cl)c1)NCCCc1ncc[nH]1. The lowest BCUT2D eigenvalue weighted by Crippen LogP contribution is -2.26. The maximum atomic E-state index is 11.8. The first-order chi connectivity index (χ1) is 9.65. The predicted octanol–water partition coefficient (Wildman–Crippen LogP) is 3.01. The van der Waals surface area contributed by atoms with E-state index in [1.54, 1.807) is 30.6 Å². The molecule has 2 aromatic rings. The van der Waals surface area contributed by atoms with Crippen LogP contribution in [0, 0.1) is 0 Å². The largest absolute Gasteiger partial charge is 0.356 e. The predicted molar refractivity (Wildman–Crippen MR) is 80.1 cm³/mol. The van der Waals surface area contributed by atoms with Gasteiger partial charge >= 0.3 is 0 Å². The average molecular weight is 312 g/mol. The smallest absolute Gasteiger partial charge is 0.224 e. The molecule has 106 valence electrons. The summed E-state index contributed by atoms with van der Waals surface area (Å²) in [5.41, 5.74) is 0.850. The van der Waals surface area contributed by atoms with E-state index in [0.717, 1.165) is 24.2 Å². The van der Waals surface area contributed by atoms with E-state index in [-0.39, 0.29) is 5.91 Å². The van der Waals surface area contributed by atoms with E-state index in [9.17, 15) is 4.79 Å². The number of aryl methyl sites for hydroxylation is 1. The van der Waals surface area contributed by atoms with Crippen LogP contribution in [0.4, 0.5) is 0 Å². The number of aromatic amines is 1. The number of hydrogen-bond acceptors (Lipinski definition) is 2. The van der Waals surface area contributed by atoms with E-state index in [4.69, 9.17) is 23.2 Å². The van der Waals surface area contributed by atoms with Gasteiger partial charge in [0.05, 0.1) is 16.5 Å². The number of halogens is 2. The van der Waals surface area contributed by atoms with Crippen LogP contribution in [-0.4, -0.2) is 22.4 Å². The Balaban J connectivity index is 1.71. The lowest BCUT2D eigenvalue weighted by molar-refractivity contribution is -0.120. The van der Waals surface area contributed by atoms with E-state index in [1.165, 1.54) is 0 Å². The summed E-state index contributed by atoms with van der Waals surface area (Å²) < 4.78 is 0. The number of carbonyl (C=O) groups excluding carboxylic acids is 1. The molecule has 0 saturated heterocycles. The Morgan fingerprint density at radius 1 is 1.30 bits per heavy atom. The van der Waals surface area contributed by atoms with Gasteiger partial charge in [-0.15, -0.1) is 0 Å². The molecule has 1 amide bonds. The zero-order valence-corrected chi connectivity index (χ0v) is 12.3. The minimum absolute atomic E-state index is 0.0252. The van der Waals surface area contributed by atoms with Crippen molar-refractivity contribution < 1.29 is 4.79 Å². The lowest BCUT2D eigenvalue weighted by atomic mass is 10.1. The van der Waals surface area contributed by atoms with Gasteiger partial charge in [-0.2, -0.15) is 0 Å². The first kappa shape index (κ1) is 14.9. The number of carbonyl (C=O) groups is 1. The Morgan fingerprint density at radius 2 is 2.15 bits per heavy atom. The summed E-state index contributed by atoms with van der Waals surface area (Å²) >= 11 is 11.7. The van der Waals surface area contributed by atoms with Crippen molar-refractivity contribution in [3.05, 3.63) is 52.0 Å². The molecule has 4 nitrogen and oxygen atoms in total. The standard InChI is InChI=1S/C14H15Cl2N3O/c15-11-4-3-10(8-12(11)16)9-14(20)19-5-1-2-13-17-6-7-18-13/h3-4,6-8H,1-2,5,9H2,(H,17,18)(H,19,20). The highest BCUT2D eigenvalue weighted by Crippen LogP contribution is 2.22. The molecule has 0 radical (unpaired) electrons. The Labute approximate surface area is 127 Å². The molecule has 1 aromatic heterocycles. The van der Waals surface area contributed by atoms with Crippen LogP contribution in [0.5, 0.6) is 0 Å². The minimum Gasteiger partial charge on any atom is -0.356 e. The molecule has 0 unspecified atom stereocenters. The van der Waals surface area contributed by atoms with Crippen molar-refractivity contribution in [3.63, 3.8) is 0 Å². The maximum Gasteiger partial charge on any atom is 0.224 e. The highest BCUT2D eigenvalue weighted by atomic mass is 35.5. The van der Waals surface area contributed by atoms with Gasteiger partial charge in [-0.05, 0) is 24.1 Å². The van der Waals surface area contributed by atoms with E-state index in [2.05, 4.69) is 15.3 Å². The molecule has 2 rings (SSSR count). The second-order valence-corrected chi connectivity index (χ2v) is 5.23. The second-order valence-electron chi connectivity index (χ2n) is 4.41. The highest BCUT2D eigenvalue weighted by molar-refractivity contribution is 6.42. The average Bonchev–Trinajstić information content (AvgIpc) is 2.92. The van der Waals surface area contributed by atoms with Gasteiger partial charge in [-0.1, -0.05) is 29.3 Å².